The van der Waals surface area contributed by atoms with E-state index in [-0.39, 0.29) is 5.82 Å². The second-order valence-corrected chi connectivity index (χ2v) is 5.83. The summed E-state index contributed by atoms with van der Waals surface area (Å²) in [7, 11) is 0. The second-order valence-electron chi connectivity index (χ2n) is 5.83. The molecule has 1 aliphatic carbocycles. The van der Waals surface area contributed by atoms with Crippen LogP contribution in [0.15, 0.2) is 59.6 Å². The topological polar surface area (TPSA) is 36.4 Å². The van der Waals surface area contributed by atoms with Crippen molar-refractivity contribution in [2.75, 3.05) is 6.54 Å². The molecule has 2 unspecified atom stereocenters. The molecular formula is C19H22FN3. The summed E-state index contributed by atoms with van der Waals surface area (Å²) < 4.78 is 12.9. The van der Waals surface area contributed by atoms with Gasteiger partial charge in [0, 0.05) is 18.5 Å². The van der Waals surface area contributed by atoms with Gasteiger partial charge < -0.3 is 10.6 Å². The Morgan fingerprint density at radius 2 is 1.87 bits per heavy atom. The molecule has 2 aromatic carbocycles. The second kappa shape index (κ2) is 7.27. The van der Waals surface area contributed by atoms with Crippen molar-refractivity contribution >= 4 is 5.96 Å². The minimum absolute atomic E-state index is 0.216. The van der Waals surface area contributed by atoms with Crippen LogP contribution in [0.2, 0.25) is 0 Å². The molecule has 0 saturated heterocycles. The van der Waals surface area contributed by atoms with E-state index in [1.807, 2.05) is 6.07 Å². The van der Waals surface area contributed by atoms with Crippen LogP contribution >= 0.6 is 0 Å². The molecule has 0 aromatic heterocycles. The monoisotopic (exact) mass is 311 g/mol. The van der Waals surface area contributed by atoms with Crippen molar-refractivity contribution in [2.45, 2.75) is 31.8 Å². The summed E-state index contributed by atoms with van der Waals surface area (Å²) in [4.78, 5) is 4.59. The summed E-state index contributed by atoms with van der Waals surface area (Å²) in [6.45, 7) is 3.41. The lowest BCUT2D eigenvalue weighted by Crippen LogP contribution is -2.39. The third-order valence-electron chi connectivity index (χ3n) is 4.02. The average Bonchev–Trinajstić information content (AvgIpc) is 3.34. The van der Waals surface area contributed by atoms with Crippen molar-refractivity contribution in [3.63, 3.8) is 0 Å². The van der Waals surface area contributed by atoms with Gasteiger partial charge in [0.15, 0.2) is 5.96 Å². The molecule has 1 saturated carbocycles. The van der Waals surface area contributed by atoms with Crippen LogP contribution in [0.4, 0.5) is 4.39 Å². The van der Waals surface area contributed by atoms with Crippen LogP contribution in [-0.4, -0.2) is 18.5 Å². The summed E-state index contributed by atoms with van der Waals surface area (Å²) in [5, 5.41) is 6.76. The first-order chi connectivity index (χ1) is 11.3. The standard InChI is InChI=1S/C19H22FN3/c1-2-21-19(22-13-14-8-10-16(20)11-9-14)23-18-12-17(18)15-6-4-3-5-7-15/h3-11,17-18H,2,12-13H2,1H3,(H2,21,22,23). The zero-order valence-corrected chi connectivity index (χ0v) is 13.3. The summed E-state index contributed by atoms with van der Waals surface area (Å²) in [5.74, 6) is 1.16. The van der Waals surface area contributed by atoms with Gasteiger partial charge in [-0.1, -0.05) is 42.5 Å². The van der Waals surface area contributed by atoms with Crippen LogP contribution in [0, 0.1) is 5.82 Å². The number of aliphatic imine (C=N–C) groups is 1. The van der Waals surface area contributed by atoms with Crippen LogP contribution < -0.4 is 10.6 Å². The van der Waals surface area contributed by atoms with E-state index in [0.29, 0.717) is 18.5 Å². The normalized spacial score (nSPS) is 20.2. The van der Waals surface area contributed by atoms with E-state index in [9.17, 15) is 4.39 Å². The maximum Gasteiger partial charge on any atom is 0.191 e. The van der Waals surface area contributed by atoms with Gasteiger partial charge >= 0.3 is 0 Å². The molecule has 2 N–H and O–H groups in total. The highest BCUT2D eigenvalue weighted by atomic mass is 19.1. The molecule has 3 rings (SSSR count). The van der Waals surface area contributed by atoms with Crippen LogP contribution in [0.1, 0.15) is 30.4 Å². The maximum absolute atomic E-state index is 12.9. The molecule has 23 heavy (non-hydrogen) atoms. The quantitative estimate of drug-likeness (QED) is 0.655. The van der Waals surface area contributed by atoms with Gasteiger partial charge in [0.05, 0.1) is 6.54 Å². The highest BCUT2D eigenvalue weighted by Crippen LogP contribution is 2.40. The molecule has 0 bridgehead atoms. The van der Waals surface area contributed by atoms with Gasteiger partial charge in [-0.2, -0.15) is 0 Å². The van der Waals surface area contributed by atoms with Crippen molar-refractivity contribution in [2.24, 2.45) is 4.99 Å². The smallest absolute Gasteiger partial charge is 0.191 e. The molecule has 3 nitrogen and oxygen atoms in total. The molecule has 1 fully saturated rings. The van der Waals surface area contributed by atoms with Crippen LogP contribution in [0.3, 0.4) is 0 Å². The number of nitrogens with one attached hydrogen (secondary N) is 2. The van der Waals surface area contributed by atoms with Gasteiger partial charge in [-0.05, 0) is 36.6 Å². The Morgan fingerprint density at radius 3 is 2.57 bits per heavy atom. The zero-order chi connectivity index (χ0) is 16.1. The largest absolute Gasteiger partial charge is 0.357 e. The molecule has 0 heterocycles. The van der Waals surface area contributed by atoms with Crippen molar-refractivity contribution in [3.05, 3.63) is 71.5 Å². The first-order valence-corrected chi connectivity index (χ1v) is 8.10. The molecule has 2 aromatic rings. The van der Waals surface area contributed by atoms with Crippen LogP contribution in [-0.2, 0) is 6.54 Å². The summed E-state index contributed by atoms with van der Waals surface area (Å²) >= 11 is 0. The molecule has 0 spiro atoms. The fourth-order valence-corrected chi connectivity index (χ4v) is 2.68. The molecule has 0 amide bonds. The first-order valence-electron chi connectivity index (χ1n) is 8.10. The Hall–Kier alpha value is -2.36. The number of guanidine groups is 1. The number of halogens is 1. The predicted molar refractivity (Wildman–Crippen MR) is 91.9 cm³/mol. The molecule has 1 aliphatic rings. The average molecular weight is 311 g/mol. The maximum atomic E-state index is 12.9. The molecule has 4 heteroatoms. The molecule has 2 atom stereocenters. The number of nitrogens with zero attached hydrogens (tertiary/aromatic N) is 1. The minimum atomic E-state index is -0.216. The highest BCUT2D eigenvalue weighted by Gasteiger charge is 2.38. The molecular weight excluding hydrogens is 289 g/mol. The van der Waals surface area contributed by atoms with Crippen LogP contribution in [0.25, 0.3) is 0 Å². The zero-order valence-electron chi connectivity index (χ0n) is 13.3. The van der Waals surface area contributed by atoms with Crippen molar-refractivity contribution in [1.82, 2.24) is 10.6 Å². The molecule has 120 valence electrons. The number of rotatable bonds is 5. The van der Waals surface area contributed by atoms with Gasteiger partial charge in [-0.3, -0.25) is 0 Å². The lowest BCUT2D eigenvalue weighted by Gasteiger charge is -2.11. The van der Waals surface area contributed by atoms with Gasteiger partial charge in [0.1, 0.15) is 5.82 Å². The predicted octanol–water partition coefficient (Wildman–Crippen LogP) is 3.44. The van der Waals surface area contributed by atoms with E-state index in [1.165, 1.54) is 17.7 Å². The Morgan fingerprint density at radius 1 is 1.13 bits per heavy atom. The highest BCUT2D eigenvalue weighted by molar-refractivity contribution is 5.80. The van der Waals surface area contributed by atoms with Crippen molar-refractivity contribution < 1.29 is 4.39 Å². The Bertz CT molecular complexity index is 652. The van der Waals surface area contributed by atoms with Crippen molar-refractivity contribution in [1.29, 1.82) is 0 Å². The fourth-order valence-electron chi connectivity index (χ4n) is 2.68. The van der Waals surface area contributed by atoms with Crippen molar-refractivity contribution in [3.8, 4) is 0 Å². The fraction of sp³-hybridized carbons (Fsp3) is 0.316. The Labute approximate surface area is 136 Å². The SMILES string of the molecule is CCNC(=NCc1ccc(F)cc1)NC1CC1c1ccccc1. The number of hydrogen-bond acceptors (Lipinski definition) is 1. The van der Waals surface area contributed by atoms with Gasteiger partial charge in [0.25, 0.3) is 0 Å². The van der Waals surface area contributed by atoms with E-state index >= 15 is 0 Å². The number of hydrogen-bond donors (Lipinski definition) is 2. The number of benzene rings is 2. The van der Waals surface area contributed by atoms with E-state index in [4.69, 9.17) is 0 Å². The Kier molecular flexibility index (Phi) is 4.91. The van der Waals surface area contributed by atoms with Crippen LogP contribution in [0.5, 0.6) is 0 Å². The third kappa shape index (κ3) is 4.31. The summed E-state index contributed by atoms with van der Waals surface area (Å²) in [6.07, 6.45) is 1.13. The van der Waals surface area contributed by atoms with E-state index < -0.39 is 0 Å². The lowest BCUT2D eigenvalue weighted by atomic mass is 10.1. The summed E-state index contributed by atoms with van der Waals surface area (Å²) in [6, 6.07) is 17.5. The van der Waals surface area contributed by atoms with Gasteiger partial charge in [0.2, 0.25) is 0 Å². The third-order valence-corrected chi connectivity index (χ3v) is 4.02. The summed E-state index contributed by atoms with van der Waals surface area (Å²) in [5.41, 5.74) is 2.37. The lowest BCUT2D eigenvalue weighted by molar-refractivity contribution is 0.627. The minimum Gasteiger partial charge on any atom is -0.357 e. The molecule has 0 radical (unpaired) electrons. The van der Waals surface area contributed by atoms with Gasteiger partial charge in [-0.15, -0.1) is 0 Å². The molecule has 0 aliphatic heterocycles. The van der Waals surface area contributed by atoms with E-state index in [0.717, 1.165) is 24.5 Å². The first kappa shape index (κ1) is 15.5. The van der Waals surface area contributed by atoms with E-state index in [2.05, 4.69) is 46.8 Å². The van der Waals surface area contributed by atoms with Gasteiger partial charge in [-0.25, -0.2) is 9.38 Å². The Balaban J connectivity index is 1.59. The van der Waals surface area contributed by atoms with E-state index in [1.54, 1.807) is 12.1 Å².